The van der Waals surface area contributed by atoms with Gasteiger partial charge in [-0.2, -0.15) is 0 Å². The second-order valence-corrected chi connectivity index (χ2v) is 8.60. The van der Waals surface area contributed by atoms with Crippen molar-refractivity contribution in [1.29, 1.82) is 0 Å². The van der Waals surface area contributed by atoms with E-state index in [1.807, 2.05) is 79.9 Å². The number of anilines is 2. The molecule has 160 valence electrons. The normalized spacial score (nSPS) is 18.6. The van der Waals surface area contributed by atoms with Crippen molar-refractivity contribution in [2.75, 3.05) is 16.8 Å². The van der Waals surface area contributed by atoms with Crippen LogP contribution in [0, 0.1) is 12.8 Å². The van der Waals surface area contributed by atoms with E-state index < -0.39 is 0 Å². The molecule has 1 saturated heterocycles. The van der Waals surface area contributed by atoms with Crippen molar-refractivity contribution in [3.8, 4) is 5.75 Å². The molecule has 1 aromatic heterocycles. The summed E-state index contributed by atoms with van der Waals surface area (Å²) >= 11 is 1.57. The predicted octanol–water partition coefficient (Wildman–Crippen LogP) is 5.58. The fourth-order valence-corrected chi connectivity index (χ4v) is 4.92. The van der Waals surface area contributed by atoms with Gasteiger partial charge in [-0.25, -0.2) is 0 Å². The van der Waals surface area contributed by atoms with Gasteiger partial charge < -0.3 is 15.0 Å². The molecule has 3 aromatic rings. The molecule has 0 bridgehead atoms. The van der Waals surface area contributed by atoms with E-state index in [0.717, 1.165) is 16.1 Å². The molecule has 0 spiro atoms. The highest BCUT2D eigenvalue weighted by Gasteiger charge is 2.42. The van der Waals surface area contributed by atoms with E-state index in [4.69, 9.17) is 4.74 Å². The van der Waals surface area contributed by atoms with Gasteiger partial charge in [0, 0.05) is 17.0 Å². The van der Waals surface area contributed by atoms with Crippen LogP contribution in [-0.2, 0) is 9.59 Å². The molecule has 6 heteroatoms. The maximum Gasteiger partial charge on any atom is 0.230 e. The second kappa shape index (κ2) is 9.35. The standard InChI is InChI=1S/C25H26N2O3S/c1-3-30-21-8-5-4-7-20(21)26-25(29)19-14-15-23(28)27(18-12-10-17(2)11-13-18)24(19)22-9-6-16-31-22/h4-13,16,19,24H,3,14-15H2,1-2H3,(H,26,29). The summed E-state index contributed by atoms with van der Waals surface area (Å²) < 4.78 is 5.67. The first kappa shape index (κ1) is 21.1. The number of nitrogens with one attached hydrogen (secondary N) is 1. The SMILES string of the molecule is CCOc1ccccc1NC(=O)C1CCC(=O)N(c2ccc(C)cc2)C1c1cccs1. The van der Waals surface area contributed by atoms with E-state index in [1.54, 1.807) is 16.2 Å². The van der Waals surface area contributed by atoms with E-state index in [-0.39, 0.29) is 23.8 Å². The highest BCUT2D eigenvalue weighted by atomic mass is 32.1. The highest BCUT2D eigenvalue weighted by molar-refractivity contribution is 7.10. The van der Waals surface area contributed by atoms with Gasteiger partial charge in [-0.15, -0.1) is 11.3 Å². The van der Waals surface area contributed by atoms with Crippen LogP contribution < -0.4 is 15.0 Å². The lowest BCUT2D eigenvalue weighted by atomic mass is 9.86. The number of nitrogens with zero attached hydrogens (tertiary/aromatic N) is 1. The Morgan fingerprint density at radius 3 is 2.61 bits per heavy atom. The van der Waals surface area contributed by atoms with Gasteiger partial charge in [0.2, 0.25) is 11.8 Å². The number of carbonyl (C=O) groups excluding carboxylic acids is 2. The zero-order valence-corrected chi connectivity index (χ0v) is 18.5. The number of para-hydroxylation sites is 2. The molecule has 0 saturated carbocycles. The molecule has 4 rings (SSSR count). The summed E-state index contributed by atoms with van der Waals surface area (Å²) in [5.74, 6) is 0.219. The monoisotopic (exact) mass is 434 g/mol. The Hall–Kier alpha value is -3.12. The molecular formula is C25H26N2O3S. The lowest BCUT2D eigenvalue weighted by Crippen LogP contribution is -2.46. The van der Waals surface area contributed by atoms with Crippen LogP contribution in [0.4, 0.5) is 11.4 Å². The molecule has 1 fully saturated rings. The van der Waals surface area contributed by atoms with Gasteiger partial charge in [-0.1, -0.05) is 35.9 Å². The fourth-order valence-electron chi connectivity index (χ4n) is 4.04. The molecule has 1 N–H and O–H groups in total. The van der Waals surface area contributed by atoms with Crippen molar-refractivity contribution >= 4 is 34.5 Å². The number of thiophene rings is 1. The molecule has 1 aliphatic heterocycles. The molecule has 5 nitrogen and oxygen atoms in total. The Balaban J connectivity index is 1.68. The Labute approximate surface area is 186 Å². The van der Waals surface area contributed by atoms with Crippen LogP contribution in [0.25, 0.3) is 0 Å². The fraction of sp³-hybridized carbons (Fsp3) is 0.280. The molecule has 2 heterocycles. The van der Waals surface area contributed by atoms with Crippen molar-refractivity contribution < 1.29 is 14.3 Å². The lowest BCUT2D eigenvalue weighted by Gasteiger charge is -2.40. The minimum atomic E-state index is -0.368. The molecule has 0 radical (unpaired) electrons. The molecule has 2 unspecified atom stereocenters. The highest BCUT2D eigenvalue weighted by Crippen LogP contribution is 2.42. The summed E-state index contributed by atoms with van der Waals surface area (Å²) in [5.41, 5.74) is 2.60. The lowest BCUT2D eigenvalue weighted by molar-refractivity contribution is -0.125. The Morgan fingerprint density at radius 1 is 1.13 bits per heavy atom. The number of amides is 2. The van der Waals surface area contributed by atoms with Crippen LogP contribution >= 0.6 is 11.3 Å². The van der Waals surface area contributed by atoms with E-state index in [9.17, 15) is 9.59 Å². The molecular weight excluding hydrogens is 408 g/mol. The zero-order chi connectivity index (χ0) is 21.8. The summed E-state index contributed by atoms with van der Waals surface area (Å²) in [6.45, 7) is 4.45. The van der Waals surface area contributed by atoms with E-state index in [0.29, 0.717) is 30.9 Å². The van der Waals surface area contributed by atoms with Crippen LogP contribution in [0.15, 0.2) is 66.0 Å². The van der Waals surface area contributed by atoms with Gasteiger partial charge in [0.05, 0.1) is 24.3 Å². The van der Waals surface area contributed by atoms with Gasteiger partial charge in [0.1, 0.15) is 5.75 Å². The predicted molar refractivity (Wildman–Crippen MR) is 125 cm³/mol. The Kier molecular flexibility index (Phi) is 6.37. The third kappa shape index (κ3) is 4.49. The smallest absolute Gasteiger partial charge is 0.230 e. The van der Waals surface area contributed by atoms with Crippen molar-refractivity contribution in [1.82, 2.24) is 0 Å². The van der Waals surface area contributed by atoms with Gasteiger partial charge in [0.15, 0.2) is 0 Å². The summed E-state index contributed by atoms with van der Waals surface area (Å²) in [7, 11) is 0. The van der Waals surface area contributed by atoms with E-state index in [2.05, 4.69) is 5.32 Å². The Morgan fingerprint density at radius 2 is 1.90 bits per heavy atom. The molecule has 2 aromatic carbocycles. The minimum absolute atomic E-state index is 0.0426. The Bertz CT molecular complexity index is 1050. The first-order valence-electron chi connectivity index (χ1n) is 10.5. The molecule has 2 amide bonds. The number of piperidine rings is 1. The number of ether oxygens (including phenoxy) is 1. The van der Waals surface area contributed by atoms with Crippen molar-refractivity contribution in [3.05, 3.63) is 76.5 Å². The second-order valence-electron chi connectivity index (χ2n) is 7.62. The van der Waals surface area contributed by atoms with Crippen molar-refractivity contribution in [2.24, 2.45) is 5.92 Å². The van der Waals surface area contributed by atoms with E-state index in [1.165, 1.54) is 0 Å². The van der Waals surface area contributed by atoms with Crippen LogP contribution in [0.2, 0.25) is 0 Å². The van der Waals surface area contributed by atoms with Gasteiger partial charge in [-0.05, 0) is 56.0 Å². The third-order valence-corrected chi connectivity index (χ3v) is 6.47. The summed E-state index contributed by atoms with van der Waals surface area (Å²) in [6.07, 6.45) is 0.841. The molecule has 2 atom stereocenters. The van der Waals surface area contributed by atoms with Crippen LogP contribution in [-0.4, -0.2) is 18.4 Å². The number of hydrogen-bond donors (Lipinski definition) is 1. The van der Waals surface area contributed by atoms with Gasteiger partial charge in [0.25, 0.3) is 0 Å². The first-order chi connectivity index (χ1) is 15.1. The maximum absolute atomic E-state index is 13.5. The quantitative estimate of drug-likeness (QED) is 0.551. The maximum atomic E-state index is 13.5. The van der Waals surface area contributed by atoms with Crippen molar-refractivity contribution in [3.63, 3.8) is 0 Å². The minimum Gasteiger partial charge on any atom is -0.492 e. The van der Waals surface area contributed by atoms with Gasteiger partial charge in [-0.3, -0.25) is 9.59 Å². The third-order valence-electron chi connectivity index (χ3n) is 5.53. The number of benzene rings is 2. The number of hydrogen-bond acceptors (Lipinski definition) is 4. The molecule has 1 aliphatic rings. The summed E-state index contributed by atoms with van der Waals surface area (Å²) in [6, 6.07) is 19.0. The van der Waals surface area contributed by atoms with Crippen molar-refractivity contribution in [2.45, 2.75) is 32.7 Å². The largest absolute Gasteiger partial charge is 0.492 e. The number of rotatable bonds is 6. The van der Waals surface area contributed by atoms with E-state index >= 15 is 0 Å². The topological polar surface area (TPSA) is 58.6 Å². The zero-order valence-electron chi connectivity index (χ0n) is 17.7. The van der Waals surface area contributed by atoms with Crippen LogP contribution in [0.3, 0.4) is 0 Å². The molecule has 31 heavy (non-hydrogen) atoms. The summed E-state index contributed by atoms with van der Waals surface area (Å²) in [5, 5.41) is 5.04. The van der Waals surface area contributed by atoms with Gasteiger partial charge >= 0.3 is 0 Å². The average Bonchev–Trinajstić information content (AvgIpc) is 3.30. The number of aryl methyl sites for hydroxylation is 1. The average molecular weight is 435 g/mol. The molecule has 0 aliphatic carbocycles. The summed E-state index contributed by atoms with van der Waals surface area (Å²) in [4.78, 5) is 29.3. The number of carbonyl (C=O) groups is 2. The first-order valence-corrected chi connectivity index (χ1v) is 11.4. The van der Waals surface area contributed by atoms with Crippen LogP contribution in [0.5, 0.6) is 5.75 Å². The van der Waals surface area contributed by atoms with Crippen LogP contribution in [0.1, 0.15) is 36.2 Å².